The molecule has 1 atom stereocenters. The third kappa shape index (κ3) is 3.49. The Bertz CT molecular complexity index is 669. The van der Waals surface area contributed by atoms with Crippen molar-refractivity contribution in [3.8, 4) is 0 Å². The first-order chi connectivity index (χ1) is 10.0. The van der Waals surface area contributed by atoms with E-state index in [1.54, 1.807) is 18.2 Å². The molecule has 2 aromatic rings. The number of benzene rings is 1. The first-order valence-corrected chi connectivity index (χ1v) is 7.32. The molecule has 2 rings (SSSR count). The lowest BCUT2D eigenvalue weighted by atomic mass is 10.1. The molecule has 0 aliphatic carbocycles. The molecule has 110 valence electrons. The number of nitro benzene ring substituents is 1. The van der Waals surface area contributed by atoms with Crippen molar-refractivity contribution in [3.05, 3.63) is 58.4 Å². The van der Waals surface area contributed by atoms with E-state index in [9.17, 15) is 10.1 Å². The molecule has 0 saturated heterocycles. The first-order valence-electron chi connectivity index (χ1n) is 6.44. The van der Waals surface area contributed by atoms with Crippen LogP contribution in [0, 0.1) is 17.0 Å². The highest BCUT2D eigenvalue weighted by Crippen LogP contribution is 2.35. The van der Waals surface area contributed by atoms with E-state index >= 15 is 0 Å². The Kier molecular flexibility index (Phi) is 4.74. The number of nitro groups is 1. The van der Waals surface area contributed by atoms with Crippen LogP contribution in [0.2, 0.25) is 0 Å². The second-order valence-electron chi connectivity index (χ2n) is 4.54. The predicted molar refractivity (Wildman–Crippen MR) is 82.3 cm³/mol. The van der Waals surface area contributed by atoms with Gasteiger partial charge in [0, 0.05) is 23.9 Å². The van der Waals surface area contributed by atoms with Crippen molar-refractivity contribution in [2.45, 2.75) is 30.8 Å². The van der Waals surface area contributed by atoms with Crippen LogP contribution in [0.15, 0.2) is 42.1 Å². The lowest BCUT2D eigenvalue weighted by molar-refractivity contribution is -0.384. The summed E-state index contributed by atoms with van der Waals surface area (Å²) in [5.41, 5.74) is 0.990. The van der Waals surface area contributed by atoms with Gasteiger partial charge >= 0.3 is 0 Å². The van der Waals surface area contributed by atoms with Crippen molar-refractivity contribution in [1.29, 1.82) is 0 Å². The van der Waals surface area contributed by atoms with Gasteiger partial charge in [0.05, 0.1) is 4.92 Å². The summed E-state index contributed by atoms with van der Waals surface area (Å²) in [5, 5.41) is 19.9. The van der Waals surface area contributed by atoms with Crippen molar-refractivity contribution < 1.29 is 4.92 Å². The lowest BCUT2D eigenvalue weighted by Crippen LogP contribution is -2.01. The van der Waals surface area contributed by atoms with Gasteiger partial charge in [-0.25, -0.2) is 0 Å². The molecule has 0 saturated carbocycles. The van der Waals surface area contributed by atoms with Crippen LogP contribution in [0.4, 0.5) is 5.69 Å². The highest BCUT2D eigenvalue weighted by Gasteiger charge is 2.16. The van der Waals surface area contributed by atoms with Crippen LogP contribution in [-0.2, 0) is 6.54 Å². The largest absolute Gasteiger partial charge is 0.302 e. The number of aromatic nitrogens is 3. The number of rotatable bonds is 6. The molecular weight excluding hydrogens is 288 g/mol. The van der Waals surface area contributed by atoms with Crippen molar-refractivity contribution in [3.63, 3.8) is 0 Å². The maximum Gasteiger partial charge on any atom is 0.269 e. The van der Waals surface area contributed by atoms with E-state index in [4.69, 9.17) is 0 Å². The van der Waals surface area contributed by atoms with E-state index in [1.807, 2.05) is 24.5 Å². The van der Waals surface area contributed by atoms with E-state index in [2.05, 4.69) is 16.8 Å². The molecule has 0 amide bonds. The minimum atomic E-state index is -0.384. The zero-order chi connectivity index (χ0) is 15.4. The van der Waals surface area contributed by atoms with Gasteiger partial charge in [-0.15, -0.1) is 16.8 Å². The fourth-order valence-electron chi connectivity index (χ4n) is 1.91. The van der Waals surface area contributed by atoms with Gasteiger partial charge in [-0.3, -0.25) is 10.1 Å². The average molecular weight is 304 g/mol. The molecule has 1 aromatic heterocycles. The van der Waals surface area contributed by atoms with Gasteiger partial charge < -0.3 is 4.57 Å². The van der Waals surface area contributed by atoms with Crippen LogP contribution in [0.5, 0.6) is 0 Å². The van der Waals surface area contributed by atoms with Gasteiger partial charge in [0.25, 0.3) is 5.69 Å². The maximum absolute atomic E-state index is 10.8. The highest BCUT2D eigenvalue weighted by atomic mass is 32.2. The lowest BCUT2D eigenvalue weighted by Gasteiger charge is -2.12. The summed E-state index contributed by atoms with van der Waals surface area (Å²) in [7, 11) is 0. The monoisotopic (exact) mass is 304 g/mol. The predicted octanol–water partition coefficient (Wildman–Crippen LogP) is 3.53. The Labute approximate surface area is 127 Å². The van der Waals surface area contributed by atoms with Crippen molar-refractivity contribution in [2.75, 3.05) is 0 Å². The summed E-state index contributed by atoms with van der Waals surface area (Å²) in [4.78, 5) is 10.5. The summed E-state index contributed by atoms with van der Waals surface area (Å²) in [5.74, 6) is 0.823. The fourth-order valence-corrected chi connectivity index (χ4v) is 2.93. The summed E-state index contributed by atoms with van der Waals surface area (Å²) in [6.07, 6.45) is 1.79. The zero-order valence-corrected chi connectivity index (χ0v) is 12.7. The summed E-state index contributed by atoms with van der Waals surface area (Å²) in [6.45, 7) is 8.25. The van der Waals surface area contributed by atoms with Crippen LogP contribution < -0.4 is 0 Å². The molecule has 6 nitrogen and oxygen atoms in total. The first kappa shape index (κ1) is 15.2. The van der Waals surface area contributed by atoms with Crippen LogP contribution in [0.3, 0.4) is 0 Å². The van der Waals surface area contributed by atoms with E-state index in [1.165, 1.54) is 17.8 Å². The number of hydrogen-bond donors (Lipinski definition) is 0. The SMILES string of the molecule is C=CCn1c(C)nnc1S[C@@H](C)c1cccc([N+](=O)[O-])c1. The molecule has 1 heterocycles. The van der Waals surface area contributed by atoms with Gasteiger partial charge in [-0.05, 0) is 19.4 Å². The molecule has 0 fully saturated rings. The number of aryl methyl sites for hydroxylation is 1. The quantitative estimate of drug-likeness (QED) is 0.353. The van der Waals surface area contributed by atoms with Gasteiger partial charge in [-0.2, -0.15) is 0 Å². The summed E-state index contributed by atoms with van der Waals surface area (Å²) < 4.78 is 1.96. The maximum atomic E-state index is 10.8. The molecule has 0 spiro atoms. The molecule has 0 aliphatic heterocycles. The minimum Gasteiger partial charge on any atom is -0.302 e. The van der Waals surface area contributed by atoms with Crippen LogP contribution in [0.25, 0.3) is 0 Å². The molecule has 0 radical (unpaired) electrons. The second kappa shape index (κ2) is 6.53. The number of nitrogens with zero attached hydrogens (tertiary/aromatic N) is 4. The number of thioether (sulfide) groups is 1. The Morgan fingerprint density at radius 2 is 2.29 bits per heavy atom. The minimum absolute atomic E-state index is 0.0389. The smallest absolute Gasteiger partial charge is 0.269 e. The third-order valence-electron chi connectivity index (χ3n) is 3.05. The van der Waals surface area contributed by atoms with E-state index in [0.29, 0.717) is 6.54 Å². The van der Waals surface area contributed by atoms with Gasteiger partial charge in [0.2, 0.25) is 0 Å². The number of hydrogen-bond acceptors (Lipinski definition) is 5. The van der Waals surface area contributed by atoms with Crippen molar-refractivity contribution >= 4 is 17.4 Å². The van der Waals surface area contributed by atoms with E-state index in [-0.39, 0.29) is 15.9 Å². The Hall–Kier alpha value is -2.15. The Morgan fingerprint density at radius 1 is 1.52 bits per heavy atom. The molecule has 7 heteroatoms. The molecule has 0 aliphatic rings. The van der Waals surface area contributed by atoms with Gasteiger partial charge in [0.1, 0.15) is 5.82 Å². The highest BCUT2D eigenvalue weighted by molar-refractivity contribution is 7.99. The van der Waals surface area contributed by atoms with Crippen molar-refractivity contribution in [2.24, 2.45) is 0 Å². The van der Waals surface area contributed by atoms with Crippen LogP contribution in [0.1, 0.15) is 23.6 Å². The molecule has 0 N–H and O–H groups in total. The van der Waals surface area contributed by atoms with Crippen LogP contribution >= 0.6 is 11.8 Å². The molecular formula is C14H16N4O2S. The van der Waals surface area contributed by atoms with Gasteiger partial charge in [0.15, 0.2) is 5.16 Å². The molecule has 0 unspecified atom stereocenters. The molecule has 0 bridgehead atoms. The number of non-ortho nitro benzene ring substituents is 1. The standard InChI is InChI=1S/C14H16N4O2S/c1-4-8-17-11(3)15-16-14(17)21-10(2)12-6-5-7-13(9-12)18(19)20/h4-7,9-10H,1,8H2,2-3H3/t10-/m0/s1. The normalized spacial score (nSPS) is 12.1. The third-order valence-corrected chi connectivity index (χ3v) is 4.18. The Morgan fingerprint density at radius 3 is 2.95 bits per heavy atom. The zero-order valence-electron chi connectivity index (χ0n) is 11.9. The van der Waals surface area contributed by atoms with E-state index < -0.39 is 0 Å². The molecule has 1 aromatic carbocycles. The van der Waals surface area contributed by atoms with Crippen LogP contribution in [-0.4, -0.2) is 19.7 Å². The molecule has 21 heavy (non-hydrogen) atoms. The fraction of sp³-hybridized carbons (Fsp3) is 0.286. The van der Waals surface area contributed by atoms with Gasteiger partial charge in [-0.1, -0.05) is 30.0 Å². The van der Waals surface area contributed by atoms with E-state index in [0.717, 1.165) is 16.5 Å². The second-order valence-corrected chi connectivity index (χ2v) is 5.85. The summed E-state index contributed by atoms with van der Waals surface area (Å²) in [6, 6.07) is 6.67. The summed E-state index contributed by atoms with van der Waals surface area (Å²) >= 11 is 1.52. The topological polar surface area (TPSA) is 73.8 Å². The average Bonchev–Trinajstić information content (AvgIpc) is 2.81. The number of allylic oxidation sites excluding steroid dienone is 1. The van der Waals surface area contributed by atoms with Crippen molar-refractivity contribution in [1.82, 2.24) is 14.8 Å². The Balaban J connectivity index is 2.21.